The van der Waals surface area contributed by atoms with E-state index in [9.17, 15) is 0 Å². The van der Waals surface area contributed by atoms with Crippen molar-refractivity contribution < 1.29 is 0 Å². The summed E-state index contributed by atoms with van der Waals surface area (Å²) in [6, 6.07) is 117. The molecule has 0 spiro atoms. The Hall–Kier alpha value is -9.06. The fraction of sp³-hybridized carbons (Fsp3) is 0. The Balaban J connectivity index is 0.907. The average molecular weight is 1010 g/mol. The van der Waals surface area contributed by atoms with E-state index in [0.29, 0.717) is 0 Å². The third-order valence-corrected chi connectivity index (χ3v) is 22.9. The highest BCUT2D eigenvalue weighted by Crippen LogP contribution is 2.75. The molecule has 12 aromatic carbocycles. The Bertz CT molecular complexity index is 3900. The summed E-state index contributed by atoms with van der Waals surface area (Å²) in [5, 5.41) is 4.95. The van der Waals surface area contributed by atoms with Crippen LogP contribution in [0.1, 0.15) is 0 Å². The second kappa shape index (κ2) is 19.0. The second-order valence-corrected chi connectivity index (χ2v) is 25.5. The molecule has 14 aromatic rings. The van der Waals surface area contributed by atoms with Crippen molar-refractivity contribution in [2.24, 2.45) is 0 Å². The lowest BCUT2D eigenvalue weighted by molar-refractivity contribution is 1.17. The summed E-state index contributed by atoms with van der Waals surface area (Å²) in [6.45, 7) is 0. The molecule has 0 atom stereocenters. The molecule has 4 heteroatoms. The van der Waals surface area contributed by atoms with Crippen LogP contribution in [0.5, 0.6) is 0 Å². The summed E-state index contributed by atoms with van der Waals surface area (Å²) < 4.78 is 4.92. The Morgan fingerprint density at radius 2 is 0.461 bits per heavy atom. The van der Waals surface area contributed by atoms with Crippen LogP contribution in [0.25, 0.3) is 66.1 Å². The van der Waals surface area contributed by atoms with Gasteiger partial charge in [-0.3, -0.25) is 0 Å². The summed E-state index contributed by atoms with van der Waals surface area (Å²) >= 11 is 0. The van der Waals surface area contributed by atoms with Gasteiger partial charge in [-0.25, -0.2) is 0 Å². The van der Waals surface area contributed by atoms with E-state index in [-0.39, 0.29) is 0 Å². The molecule has 0 aliphatic rings. The maximum absolute atomic E-state index is 2.49. The van der Waals surface area contributed by atoms with Gasteiger partial charge in [0.1, 0.15) is 0 Å². The van der Waals surface area contributed by atoms with E-state index in [2.05, 4.69) is 325 Å². The molecule has 0 saturated carbocycles. The first-order chi connectivity index (χ1) is 37.7. The van der Waals surface area contributed by atoms with Crippen molar-refractivity contribution in [3.8, 4) is 22.5 Å². The number of rotatable bonds is 11. The number of hydrogen-bond acceptors (Lipinski definition) is 0. The van der Waals surface area contributed by atoms with Crippen LogP contribution in [-0.4, -0.2) is 9.13 Å². The molecule has 76 heavy (non-hydrogen) atoms. The monoisotopic (exact) mass is 1010 g/mol. The van der Waals surface area contributed by atoms with Gasteiger partial charge < -0.3 is 9.13 Å². The minimum absolute atomic E-state index is 1.13. The molecule has 0 aliphatic carbocycles. The number of fused-ring (bicyclic) bond motifs is 6. The van der Waals surface area contributed by atoms with Gasteiger partial charge in [0.25, 0.3) is 0 Å². The fourth-order valence-electron chi connectivity index (χ4n) is 11.9. The molecule has 0 saturated heterocycles. The minimum atomic E-state index is -1.87. The van der Waals surface area contributed by atoms with Gasteiger partial charge in [-0.1, -0.05) is 170 Å². The molecule has 14 rings (SSSR count). The molecule has 2 nitrogen and oxygen atoms in total. The van der Waals surface area contributed by atoms with Crippen LogP contribution in [-0.2, 0) is 0 Å². The first-order valence-electron chi connectivity index (χ1n) is 26.0. The van der Waals surface area contributed by atoms with Gasteiger partial charge in [0, 0.05) is 72.1 Å². The van der Waals surface area contributed by atoms with E-state index in [1.807, 2.05) is 0 Å². The standard InChI is InChI=1S/C72H52N2S2/c1-7-29-57(30-8-1)75(58-31-9-2-10-32-58,59-33-11-3-12-34-59)63-45-47-71-67(51-63)65-41-19-21-43-69(65)73(71)55-27-23-25-53(49-55)54-26-24-28-56(50-54)74-70-44-22-20-42-66(70)68-52-64(46-48-72(68)74)76(60-35-13-4-14-36-60,61-37-15-5-16-38-61)62-39-17-6-18-40-62/h1-52H. The number of para-hydroxylation sites is 2. The van der Waals surface area contributed by atoms with Crippen LogP contribution in [0.15, 0.2) is 355 Å². The van der Waals surface area contributed by atoms with Crippen molar-refractivity contribution in [1.82, 2.24) is 9.13 Å². The summed E-state index contributed by atoms with van der Waals surface area (Å²) in [5.74, 6) is 0. The molecule has 0 unspecified atom stereocenters. The number of hydrogen-bond donors (Lipinski definition) is 0. The zero-order valence-electron chi connectivity index (χ0n) is 41.7. The fourth-order valence-corrected chi connectivity index (χ4v) is 19.7. The van der Waals surface area contributed by atoms with E-state index in [1.165, 1.54) is 82.8 Å². The molecule has 0 N–H and O–H groups in total. The Labute approximate surface area is 447 Å². The maximum Gasteiger partial charge on any atom is 0.0541 e. The third kappa shape index (κ3) is 7.28. The van der Waals surface area contributed by atoms with Crippen LogP contribution in [0, 0.1) is 0 Å². The maximum atomic E-state index is 2.49. The van der Waals surface area contributed by atoms with Crippen molar-refractivity contribution in [3.05, 3.63) is 315 Å². The molecule has 0 fully saturated rings. The third-order valence-electron chi connectivity index (χ3n) is 15.1. The van der Waals surface area contributed by atoms with E-state index in [1.54, 1.807) is 0 Å². The topological polar surface area (TPSA) is 9.86 Å². The van der Waals surface area contributed by atoms with Gasteiger partial charge in [-0.2, -0.15) is 0 Å². The predicted octanol–water partition coefficient (Wildman–Crippen LogP) is 20.2. The highest BCUT2D eigenvalue weighted by atomic mass is 32.3. The molecular formula is C72H52N2S2. The lowest BCUT2D eigenvalue weighted by atomic mass is 10.0. The molecule has 0 amide bonds. The Kier molecular flexibility index (Phi) is 11.4. The van der Waals surface area contributed by atoms with Crippen LogP contribution in [0.3, 0.4) is 0 Å². The molecule has 0 radical (unpaired) electrons. The van der Waals surface area contributed by atoms with Crippen molar-refractivity contribution in [2.45, 2.75) is 39.2 Å². The first-order valence-corrected chi connectivity index (χ1v) is 29.2. The van der Waals surface area contributed by atoms with Crippen LogP contribution >= 0.6 is 20.1 Å². The summed E-state index contributed by atoms with van der Waals surface area (Å²) in [5.41, 5.74) is 9.30. The molecule has 2 heterocycles. The number of benzene rings is 12. The van der Waals surface area contributed by atoms with E-state index >= 15 is 0 Å². The summed E-state index contributed by atoms with van der Waals surface area (Å²) in [7, 11) is -3.75. The molecule has 362 valence electrons. The van der Waals surface area contributed by atoms with Crippen LogP contribution in [0.2, 0.25) is 0 Å². The lowest BCUT2D eigenvalue weighted by Crippen LogP contribution is -2.05. The SMILES string of the molecule is c1ccc(S(c2ccccc2)(c2ccccc2)c2ccc3c(c2)c2ccccc2n3-c2cccc(-c3cccc(-n4c5ccccc5c5cc(S(c6ccccc6)(c6ccccc6)c6ccccc6)ccc54)c3)c2)cc1. The average Bonchev–Trinajstić information content (AvgIpc) is 4.04. The smallest absolute Gasteiger partial charge is 0.0541 e. The summed E-state index contributed by atoms with van der Waals surface area (Å²) in [6.07, 6.45) is 0. The largest absolute Gasteiger partial charge is 0.309 e. The van der Waals surface area contributed by atoms with Gasteiger partial charge in [0.2, 0.25) is 0 Å². The Morgan fingerprint density at radius 1 is 0.184 bits per heavy atom. The van der Waals surface area contributed by atoms with Gasteiger partial charge in [0.15, 0.2) is 0 Å². The van der Waals surface area contributed by atoms with Crippen molar-refractivity contribution in [2.75, 3.05) is 0 Å². The summed E-state index contributed by atoms with van der Waals surface area (Å²) in [4.78, 5) is 10.5. The number of aromatic nitrogens is 2. The van der Waals surface area contributed by atoms with Gasteiger partial charge in [-0.15, -0.1) is 20.1 Å². The van der Waals surface area contributed by atoms with Gasteiger partial charge in [0.05, 0.1) is 22.1 Å². The quantitative estimate of drug-likeness (QED) is 0.122. The molecule has 0 bridgehead atoms. The van der Waals surface area contributed by atoms with Crippen LogP contribution < -0.4 is 0 Å². The highest BCUT2D eigenvalue weighted by Gasteiger charge is 2.35. The zero-order valence-corrected chi connectivity index (χ0v) is 43.4. The zero-order chi connectivity index (χ0) is 50.5. The van der Waals surface area contributed by atoms with Crippen molar-refractivity contribution in [1.29, 1.82) is 0 Å². The van der Waals surface area contributed by atoms with E-state index in [0.717, 1.165) is 22.5 Å². The second-order valence-electron chi connectivity index (χ2n) is 19.3. The molecule has 2 aromatic heterocycles. The molecular weight excluding hydrogens is 957 g/mol. The molecule has 0 aliphatic heterocycles. The minimum Gasteiger partial charge on any atom is -0.309 e. The highest BCUT2D eigenvalue weighted by molar-refractivity contribution is 8.34. The Morgan fingerprint density at radius 3 is 0.776 bits per heavy atom. The normalized spacial score (nSPS) is 12.4. The van der Waals surface area contributed by atoms with Gasteiger partial charge in [-0.05, 0) is 157 Å². The lowest BCUT2D eigenvalue weighted by Gasteiger charge is -2.42. The van der Waals surface area contributed by atoms with Crippen molar-refractivity contribution in [3.63, 3.8) is 0 Å². The van der Waals surface area contributed by atoms with Gasteiger partial charge >= 0.3 is 0 Å². The predicted molar refractivity (Wildman–Crippen MR) is 321 cm³/mol. The van der Waals surface area contributed by atoms with Crippen LogP contribution in [0.4, 0.5) is 0 Å². The number of nitrogens with zero attached hydrogens (tertiary/aromatic N) is 2. The van der Waals surface area contributed by atoms with Crippen molar-refractivity contribution >= 4 is 63.7 Å². The van der Waals surface area contributed by atoms with E-state index in [4.69, 9.17) is 0 Å². The van der Waals surface area contributed by atoms with E-state index < -0.39 is 20.1 Å². The first kappa shape index (κ1) is 45.5.